The van der Waals surface area contributed by atoms with Crippen LogP contribution in [0.4, 0.5) is 0 Å². The fraction of sp³-hybridized carbons (Fsp3) is 0.381. The first-order valence-corrected chi connectivity index (χ1v) is 12.6. The number of nitrogens with zero attached hydrogens (tertiary/aromatic N) is 3. The Hall–Kier alpha value is -1.84. The van der Waals surface area contributed by atoms with E-state index in [4.69, 9.17) is 28.9 Å². The van der Waals surface area contributed by atoms with E-state index in [1.807, 2.05) is 19.2 Å². The van der Waals surface area contributed by atoms with Crippen LogP contribution in [0.1, 0.15) is 30.1 Å². The molecule has 166 valence electrons. The van der Waals surface area contributed by atoms with Gasteiger partial charge in [-0.05, 0) is 37.5 Å². The molecule has 1 aliphatic rings. The van der Waals surface area contributed by atoms with Crippen molar-refractivity contribution in [1.82, 2.24) is 13.9 Å². The molecule has 3 heterocycles. The number of halogens is 2. The van der Waals surface area contributed by atoms with Crippen LogP contribution in [0.15, 0.2) is 24.4 Å². The predicted octanol–water partition coefficient (Wildman–Crippen LogP) is 4.08. The average molecular weight is 483 g/mol. The van der Waals surface area contributed by atoms with Crippen LogP contribution in [0.3, 0.4) is 0 Å². The van der Waals surface area contributed by atoms with Crippen molar-refractivity contribution < 1.29 is 13.5 Å². The Morgan fingerprint density at radius 3 is 2.52 bits per heavy atom. The summed E-state index contributed by atoms with van der Waals surface area (Å²) in [6.07, 6.45) is 4.24. The molecule has 1 aliphatic heterocycles. The van der Waals surface area contributed by atoms with E-state index in [1.165, 1.54) is 10.6 Å². The van der Waals surface area contributed by atoms with E-state index in [0.29, 0.717) is 46.9 Å². The zero-order valence-electron chi connectivity index (χ0n) is 17.3. The van der Waals surface area contributed by atoms with Crippen molar-refractivity contribution >= 4 is 44.1 Å². The highest BCUT2D eigenvalue weighted by atomic mass is 35.5. The van der Waals surface area contributed by atoms with E-state index in [1.54, 1.807) is 16.7 Å². The zero-order valence-corrected chi connectivity index (χ0v) is 19.6. The number of rotatable bonds is 4. The van der Waals surface area contributed by atoms with E-state index in [2.05, 4.69) is 4.98 Å². The standard InChI is InChI=1S/C21H24Cl2N4O3S/c1-12-16(10-24)19(15-4-3-13(22)9-17(15)23)20-18(25-12)11-27(21(20)28)14-5-7-26(8-6-14)31(2,29)30/h3-4,9,11,14,28H,5-8,10,24H2,1-2H3. The highest BCUT2D eigenvalue weighted by Crippen LogP contribution is 2.44. The van der Waals surface area contributed by atoms with Crippen molar-refractivity contribution in [2.24, 2.45) is 5.73 Å². The highest BCUT2D eigenvalue weighted by molar-refractivity contribution is 7.88. The summed E-state index contributed by atoms with van der Waals surface area (Å²) in [5.74, 6) is 0.0797. The van der Waals surface area contributed by atoms with E-state index in [-0.39, 0.29) is 18.5 Å². The highest BCUT2D eigenvalue weighted by Gasteiger charge is 2.29. The van der Waals surface area contributed by atoms with Crippen LogP contribution in [0.25, 0.3) is 22.0 Å². The van der Waals surface area contributed by atoms with E-state index >= 15 is 0 Å². The first-order valence-electron chi connectivity index (χ1n) is 9.95. The smallest absolute Gasteiger partial charge is 0.211 e. The van der Waals surface area contributed by atoms with Gasteiger partial charge in [0.05, 0.1) is 17.2 Å². The molecule has 7 nitrogen and oxygen atoms in total. The predicted molar refractivity (Wildman–Crippen MR) is 124 cm³/mol. The topological polar surface area (TPSA) is 101 Å². The summed E-state index contributed by atoms with van der Waals surface area (Å²) in [7, 11) is -3.22. The fourth-order valence-corrected chi connectivity index (χ4v) is 5.75. The van der Waals surface area contributed by atoms with Crippen molar-refractivity contribution in [3.8, 4) is 17.0 Å². The van der Waals surface area contributed by atoms with Crippen LogP contribution in [0, 0.1) is 6.92 Å². The fourth-order valence-electron chi connectivity index (χ4n) is 4.38. The van der Waals surface area contributed by atoms with Gasteiger partial charge >= 0.3 is 0 Å². The molecule has 3 N–H and O–H groups in total. The largest absolute Gasteiger partial charge is 0.494 e. The molecule has 3 aromatic rings. The van der Waals surface area contributed by atoms with Gasteiger partial charge in [0.25, 0.3) is 0 Å². The molecule has 0 atom stereocenters. The second-order valence-corrected chi connectivity index (χ2v) is 10.7. The molecule has 0 saturated carbocycles. The van der Waals surface area contributed by atoms with E-state index in [9.17, 15) is 13.5 Å². The molecule has 1 aromatic carbocycles. The normalized spacial score (nSPS) is 16.3. The van der Waals surface area contributed by atoms with E-state index in [0.717, 1.165) is 22.4 Å². The maximum absolute atomic E-state index is 11.8. The van der Waals surface area contributed by atoms with Crippen LogP contribution in [0.5, 0.6) is 5.88 Å². The van der Waals surface area contributed by atoms with Crippen LogP contribution in [-0.2, 0) is 16.6 Å². The SMILES string of the molecule is Cc1nc2cn(C3CCN(S(C)(=O)=O)CC3)c(O)c2c(-c2ccc(Cl)cc2Cl)c1CN. The Bertz CT molecular complexity index is 1270. The minimum absolute atomic E-state index is 0.0395. The molecule has 1 fully saturated rings. The van der Waals surface area contributed by atoms with Crippen molar-refractivity contribution in [3.63, 3.8) is 0 Å². The molecule has 0 spiro atoms. The quantitative estimate of drug-likeness (QED) is 0.583. The number of aryl methyl sites for hydroxylation is 1. The van der Waals surface area contributed by atoms with Gasteiger partial charge in [0.15, 0.2) is 0 Å². The Morgan fingerprint density at radius 2 is 1.94 bits per heavy atom. The second kappa shape index (κ2) is 8.26. The van der Waals surface area contributed by atoms with Gasteiger partial charge in [-0.1, -0.05) is 29.3 Å². The number of hydrogen-bond donors (Lipinski definition) is 2. The molecule has 4 rings (SSSR count). The van der Waals surface area contributed by atoms with Crippen molar-refractivity contribution in [2.75, 3.05) is 19.3 Å². The molecule has 2 aromatic heterocycles. The maximum Gasteiger partial charge on any atom is 0.211 e. The Morgan fingerprint density at radius 1 is 1.26 bits per heavy atom. The molecular formula is C21H24Cl2N4O3S. The molecule has 0 radical (unpaired) electrons. The van der Waals surface area contributed by atoms with Gasteiger partial charge in [0, 0.05) is 58.7 Å². The first kappa shape index (κ1) is 22.4. The molecule has 1 saturated heterocycles. The van der Waals surface area contributed by atoms with Gasteiger partial charge in [-0.2, -0.15) is 0 Å². The minimum atomic E-state index is -3.22. The molecular weight excluding hydrogens is 459 g/mol. The third-order valence-electron chi connectivity index (χ3n) is 5.95. The lowest BCUT2D eigenvalue weighted by molar-refractivity contribution is 0.260. The van der Waals surface area contributed by atoms with Crippen molar-refractivity contribution in [1.29, 1.82) is 0 Å². The average Bonchev–Trinajstić information content (AvgIpc) is 3.02. The molecule has 0 aliphatic carbocycles. The number of nitrogens with two attached hydrogens (primary N) is 1. The first-order chi connectivity index (χ1) is 14.6. The number of aromatic hydroxyl groups is 1. The summed E-state index contributed by atoms with van der Waals surface area (Å²) < 4.78 is 26.9. The van der Waals surface area contributed by atoms with Crippen molar-refractivity contribution in [2.45, 2.75) is 32.4 Å². The summed E-state index contributed by atoms with van der Waals surface area (Å²) >= 11 is 12.6. The summed E-state index contributed by atoms with van der Waals surface area (Å²) in [4.78, 5) is 4.67. The number of aromatic nitrogens is 2. The minimum Gasteiger partial charge on any atom is -0.494 e. The second-order valence-electron chi connectivity index (χ2n) is 7.89. The lowest BCUT2D eigenvalue weighted by Gasteiger charge is -2.31. The Labute approximate surface area is 191 Å². The van der Waals surface area contributed by atoms with E-state index < -0.39 is 10.0 Å². The van der Waals surface area contributed by atoms with Gasteiger partial charge in [0.2, 0.25) is 15.9 Å². The van der Waals surface area contributed by atoms with Crippen LogP contribution in [-0.4, -0.2) is 46.7 Å². The number of pyridine rings is 1. The Balaban J connectivity index is 1.86. The number of benzene rings is 1. The summed E-state index contributed by atoms with van der Waals surface area (Å²) in [5.41, 5.74) is 9.73. The third kappa shape index (κ3) is 4.03. The lowest BCUT2D eigenvalue weighted by atomic mass is 9.95. The van der Waals surface area contributed by atoms with Crippen LogP contribution >= 0.6 is 23.2 Å². The monoisotopic (exact) mass is 482 g/mol. The van der Waals surface area contributed by atoms with Gasteiger partial charge < -0.3 is 15.4 Å². The van der Waals surface area contributed by atoms with Crippen LogP contribution < -0.4 is 5.73 Å². The molecule has 0 amide bonds. The molecule has 10 heteroatoms. The summed E-state index contributed by atoms with van der Waals surface area (Å²) in [5, 5.41) is 12.8. The Kier molecular flexibility index (Phi) is 5.95. The molecule has 31 heavy (non-hydrogen) atoms. The number of sulfonamides is 1. The van der Waals surface area contributed by atoms with Gasteiger partial charge in [-0.3, -0.25) is 4.98 Å². The maximum atomic E-state index is 11.8. The van der Waals surface area contributed by atoms with Crippen molar-refractivity contribution in [3.05, 3.63) is 45.7 Å². The lowest BCUT2D eigenvalue weighted by Crippen LogP contribution is -2.38. The molecule has 0 unspecified atom stereocenters. The van der Waals surface area contributed by atoms with Gasteiger partial charge in [0.1, 0.15) is 0 Å². The molecule has 0 bridgehead atoms. The number of hydrogen-bond acceptors (Lipinski definition) is 5. The van der Waals surface area contributed by atoms with Crippen LogP contribution in [0.2, 0.25) is 10.0 Å². The zero-order chi connectivity index (χ0) is 22.5. The number of piperidine rings is 1. The van der Waals surface area contributed by atoms with Gasteiger partial charge in [-0.25, -0.2) is 12.7 Å². The summed E-state index contributed by atoms with van der Waals surface area (Å²) in [6, 6.07) is 5.19. The number of fused-ring (bicyclic) bond motifs is 1. The third-order valence-corrected chi connectivity index (χ3v) is 7.80. The van der Waals surface area contributed by atoms with Gasteiger partial charge in [-0.15, -0.1) is 0 Å². The summed E-state index contributed by atoms with van der Waals surface area (Å²) in [6.45, 7) is 2.94.